The second-order valence-electron chi connectivity index (χ2n) is 32.3. The van der Waals surface area contributed by atoms with Gasteiger partial charge in [0.05, 0.1) is 57.1 Å². The molecule has 0 fully saturated rings. The summed E-state index contributed by atoms with van der Waals surface area (Å²) < 4.78 is 102. The van der Waals surface area contributed by atoms with Gasteiger partial charge in [0.15, 0.2) is 0 Å². The third-order valence-electron chi connectivity index (χ3n) is 17.8. The number of likely N-dealkylation sites (N-methyl/N-ethyl adjacent to an activating group) is 2. The van der Waals surface area contributed by atoms with E-state index >= 15 is 0 Å². The van der Waals surface area contributed by atoms with Crippen molar-refractivity contribution >= 4 is 140 Å². The van der Waals surface area contributed by atoms with Gasteiger partial charge in [0.1, 0.15) is 80.9 Å². The van der Waals surface area contributed by atoms with Crippen LogP contribution in [0.25, 0.3) is 33.3 Å². The summed E-state index contributed by atoms with van der Waals surface area (Å²) in [6, 6.07) is 47.6. The van der Waals surface area contributed by atoms with E-state index in [4.69, 9.17) is 69.6 Å². The average molecular weight is 2090 g/mol. The van der Waals surface area contributed by atoms with Gasteiger partial charge in [-0.15, -0.1) is 23.7 Å². The SMILES string of the molecule is CC(C)(C)OC(=O)N[C@@H](Cc1cnc(-c2ccccc2)[nH]1)C(=O)O.CC(C)Oc1ccc(C(=O)Oc2c(F)c(F)c(F)c(F)c2F)cc1Cl.CNC(=O)[C@H](Cc1cnc(-c2ccccc2)[nH]1)NC(=O)c1ccc(OC(C)C)c(Cl)c1.CNC(=O)[C@H](Cc1csc(-c2ccccc2)n1)NC(=O)c1ccc(OC(C)C)c(Cl)c1.COC(=O)[C@H](CC(=O)CBr)NC(=O)OC(C)(C)C.Cl.N=C(N)c1ccccc1. The number of hydrogen-bond acceptors (Lipinski definition) is 22. The number of nitrogens with zero attached hydrogens (tertiary/aromatic N) is 3. The Morgan fingerprint density at radius 3 is 1.23 bits per heavy atom. The second-order valence-corrected chi connectivity index (χ2v) is 34.9. The molecule has 0 aliphatic carbocycles. The molecule has 3 aromatic heterocycles. The Kier molecular flexibility index (Phi) is 47.0. The van der Waals surface area contributed by atoms with Gasteiger partial charge in [0, 0.05) is 102 Å². The number of benzene rings is 8. The summed E-state index contributed by atoms with van der Waals surface area (Å²) in [4.78, 5) is 139. The lowest BCUT2D eigenvalue weighted by molar-refractivity contribution is -0.144. The molecule has 0 unspecified atom stereocenters. The topological polar surface area (TPSA) is 448 Å². The summed E-state index contributed by atoms with van der Waals surface area (Å²) >= 11 is 22.9. The predicted molar refractivity (Wildman–Crippen MR) is 524 cm³/mol. The van der Waals surface area contributed by atoms with Crippen molar-refractivity contribution in [2.45, 2.75) is 162 Å². The number of carboxylic acid groups (broad SMARTS) is 1. The minimum Gasteiger partial charge on any atom is -0.489 e. The number of Topliss-reactive ketones (excluding diaryl/α,β-unsaturated/α-hetero) is 1. The van der Waals surface area contributed by atoms with E-state index in [2.05, 4.69) is 82.2 Å². The van der Waals surface area contributed by atoms with Crippen LogP contribution in [0.4, 0.5) is 31.5 Å². The Bertz CT molecular complexity index is 5770. The first-order chi connectivity index (χ1) is 65.1. The number of ether oxygens (including phenoxy) is 7. The molecule has 3 heterocycles. The second kappa shape index (κ2) is 56.4. The summed E-state index contributed by atoms with van der Waals surface area (Å²) in [6.45, 7) is 21.3. The molecule has 31 nitrogen and oxygen atoms in total. The molecule has 139 heavy (non-hydrogen) atoms. The lowest BCUT2D eigenvalue weighted by Crippen LogP contribution is -2.47. The van der Waals surface area contributed by atoms with Crippen molar-refractivity contribution in [3.63, 3.8) is 0 Å². The average Bonchev–Trinajstić information content (AvgIpc) is 1.69. The first kappa shape index (κ1) is 116. The highest BCUT2D eigenvalue weighted by Gasteiger charge is 2.33. The van der Waals surface area contributed by atoms with E-state index in [9.17, 15) is 75.0 Å². The van der Waals surface area contributed by atoms with Gasteiger partial charge in [-0.3, -0.25) is 29.4 Å². The quantitative estimate of drug-likeness (QED) is 0.00221. The molecule has 4 atom stereocenters. The largest absolute Gasteiger partial charge is 0.489 e. The smallest absolute Gasteiger partial charge is 0.408 e. The van der Waals surface area contributed by atoms with E-state index in [1.165, 1.54) is 50.7 Å². The minimum atomic E-state index is -2.35. The van der Waals surface area contributed by atoms with Gasteiger partial charge in [0.25, 0.3) is 11.8 Å². The Morgan fingerprint density at radius 1 is 0.504 bits per heavy atom. The van der Waals surface area contributed by atoms with Crippen molar-refractivity contribution in [1.29, 1.82) is 5.41 Å². The van der Waals surface area contributed by atoms with E-state index in [1.54, 1.807) is 92.0 Å². The molecule has 0 bridgehead atoms. The zero-order valence-corrected chi connectivity index (χ0v) is 83.6. The lowest BCUT2D eigenvalue weighted by Gasteiger charge is -2.22. The number of esters is 2. The van der Waals surface area contributed by atoms with Crippen molar-refractivity contribution in [2.75, 3.05) is 26.5 Å². The summed E-state index contributed by atoms with van der Waals surface area (Å²) in [6.07, 6.45) is 1.89. The molecule has 6 amide bonds. The molecule has 0 saturated carbocycles. The third kappa shape index (κ3) is 39.1. The molecule has 0 aliphatic rings. The van der Waals surface area contributed by atoms with Crippen LogP contribution >= 0.6 is 74.5 Å². The normalized spacial score (nSPS) is 11.6. The monoisotopic (exact) mass is 2090 g/mol. The lowest BCUT2D eigenvalue weighted by atomic mass is 10.1. The predicted octanol–water partition coefficient (Wildman–Crippen LogP) is 18.4. The van der Waals surface area contributed by atoms with Gasteiger partial charge < -0.3 is 85.9 Å². The number of amidine groups is 1. The van der Waals surface area contributed by atoms with Crippen LogP contribution < -0.4 is 56.6 Å². The summed E-state index contributed by atoms with van der Waals surface area (Å²) in [5, 5.41) is 35.3. The molecular formula is C97H107BrCl4F5N13O18S. The van der Waals surface area contributed by atoms with Crippen molar-refractivity contribution in [1.82, 2.24) is 56.8 Å². The molecule has 42 heteroatoms. The first-order valence-electron chi connectivity index (χ1n) is 42.2. The number of ketones is 1. The molecule has 0 spiro atoms. The molecule has 0 saturated heterocycles. The number of thiazole rings is 1. The highest BCUT2D eigenvalue weighted by Crippen LogP contribution is 2.34. The van der Waals surface area contributed by atoms with Gasteiger partial charge in [-0.2, -0.15) is 8.78 Å². The van der Waals surface area contributed by atoms with Crippen LogP contribution in [-0.4, -0.2) is 176 Å². The number of nitrogens with two attached hydrogens (primary N) is 1. The number of H-pyrrole nitrogens is 2. The number of rotatable bonds is 31. The molecule has 11 rings (SSSR count). The zero-order valence-electron chi connectivity index (χ0n) is 78.1. The van der Waals surface area contributed by atoms with Crippen LogP contribution in [0, 0.1) is 34.5 Å². The van der Waals surface area contributed by atoms with Crippen molar-refractivity contribution < 1.29 is 108 Å². The number of aromatic nitrogens is 5. The highest BCUT2D eigenvalue weighted by molar-refractivity contribution is 9.09. The van der Waals surface area contributed by atoms with Crippen LogP contribution in [0.1, 0.15) is 143 Å². The molecule has 744 valence electrons. The number of nitrogens with one attached hydrogen (secondary N) is 9. The maximum absolute atomic E-state index is 13.5. The van der Waals surface area contributed by atoms with Crippen molar-refractivity contribution in [2.24, 2.45) is 5.73 Å². The van der Waals surface area contributed by atoms with Gasteiger partial charge in [-0.1, -0.05) is 172 Å². The minimum absolute atomic E-state index is 0. The highest BCUT2D eigenvalue weighted by atomic mass is 79.9. The maximum Gasteiger partial charge on any atom is 0.408 e. The third-order valence-corrected chi connectivity index (χ3v) is 20.2. The van der Waals surface area contributed by atoms with Crippen LogP contribution in [-0.2, 0) is 57.4 Å². The van der Waals surface area contributed by atoms with Crippen LogP contribution in [0.3, 0.4) is 0 Å². The molecular weight excluding hydrogens is 1980 g/mol. The number of aliphatic carboxylic acids is 1. The standard InChI is InChI=1S/C23H25ClN4O3.C23H24ClN3O3S.C17H21N3O4.C16H10ClF5O3.C11H18BrNO5.C7H8N2.ClH/c1-14(2)31-20-10-9-16(11-18(20)24)22(29)28-19(23(30)25-3)12-17-13-26-21(27-17)15-7-5-4-6-8-15;1-14(2)30-20-10-9-16(11-18(20)24)21(28)27-19(22(29)25-3)12-17-13-31-23(26-17)15-7-5-4-6-8-15;1-17(2,3)24-16(23)20-13(15(21)22)9-12-10-18-14(19-12)11-7-5-4-6-8-11;1-6(2)24-9-4-3-7(5-8(9)17)16(23)25-15-13(21)11(19)10(18)12(20)14(15)22;1-11(2,3)18-10(16)13-8(9(15)17-4)5-7(14)6-12;8-7(9)6-4-2-1-3-5-6;/h4-11,13-14,19H,12H2,1-3H3,(H,25,30)(H,26,27)(H,28,29);4-11,13-14,19H,12H2,1-3H3,(H,25,29)(H,27,28);4-8,10,13H,9H2,1-3H3,(H,18,19)(H,20,23)(H,21,22);3-6H,1-2H3;8H,5-6H2,1-4H3,(H,13,16);1-5H,(H3,8,9);1H/t2*19-;13-;;8-;;/m000.0../s1. The fourth-order valence-corrected chi connectivity index (χ4v) is 13.3. The Labute approximate surface area is 833 Å². The number of halogens is 10. The number of alkyl halides is 1. The molecule has 0 aliphatic heterocycles. The van der Waals surface area contributed by atoms with E-state index in [0.29, 0.717) is 50.0 Å². The summed E-state index contributed by atoms with van der Waals surface area (Å²) in [5.74, 6) is -15.1. The van der Waals surface area contributed by atoms with E-state index in [0.717, 1.165) is 50.8 Å². The number of alkyl carbamates (subject to hydrolysis) is 2. The number of hydrogen-bond donors (Lipinski definition) is 11. The number of aromatic amines is 2. The fourth-order valence-electron chi connectivity index (χ4n) is 11.5. The number of imidazole rings is 2. The van der Waals surface area contributed by atoms with E-state index in [1.807, 2.05) is 154 Å². The maximum atomic E-state index is 13.5. The van der Waals surface area contributed by atoms with Crippen molar-refractivity contribution in [3.8, 4) is 56.3 Å². The summed E-state index contributed by atoms with van der Waals surface area (Å²) in [5.41, 5.74) is 9.93. The number of carboxylic acids is 1. The zero-order chi connectivity index (χ0) is 102. The molecule has 11 aromatic rings. The molecule has 8 aromatic carbocycles. The Balaban J connectivity index is 0.000000302. The van der Waals surface area contributed by atoms with Gasteiger partial charge in [0.2, 0.25) is 46.6 Å². The Morgan fingerprint density at radius 2 is 0.871 bits per heavy atom. The van der Waals surface area contributed by atoms with E-state index < -0.39 is 112 Å². The van der Waals surface area contributed by atoms with Crippen molar-refractivity contribution in [3.05, 3.63) is 277 Å². The fraction of sp³-hybridized carbons (Fsp3) is 0.299. The van der Waals surface area contributed by atoms with Crippen LogP contribution in [0.15, 0.2) is 194 Å². The van der Waals surface area contributed by atoms with Gasteiger partial charge >= 0.3 is 30.1 Å². The van der Waals surface area contributed by atoms with Crippen LogP contribution in [0.5, 0.6) is 23.0 Å². The van der Waals surface area contributed by atoms with Gasteiger partial charge in [-0.05, 0) is 138 Å². The number of methoxy groups -OCH3 is 1. The van der Waals surface area contributed by atoms with Gasteiger partial charge in [-0.25, -0.2) is 52.1 Å². The molecule has 12 N–H and O–H groups in total. The summed E-state index contributed by atoms with van der Waals surface area (Å²) in [7, 11) is 4.25. The number of carbonyl (C=O) groups excluding carboxylic acids is 9. The number of amides is 6. The Hall–Kier alpha value is -13.5. The van der Waals surface area contributed by atoms with E-state index in [-0.39, 0.29) is 102 Å². The molecule has 0 radical (unpaired) electrons. The van der Waals surface area contributed by atoms with Crippen LogP contribution in [0.2, 0.25) is 15.1 Å². The number of nitrogen functional groups attached to an aromatic ring is 1. The first-order valence-corrected chi connectivity index (χ1v) is 45.4. The number of carbonyl (C=O) groups is 10.